The predicted molar refractivity (Wildman–Crippen MR) is 132 cm³/mol. The lowest BCUT2D eigenvalue weighted by molar-refractivity contribution is -0.130. The van der Waals surface area contributed by atoms with Crippen molar-refractivity contribution in [2.75, 3.05) is 23.4 Å². The van der Waals surface area contributed by atoms with Crippen LogP contribution in [-0.2, 0) is 26.3 Å². The molecular weight excluding hydrogens is 493 g/mol. The molecule has 4 aliphatic rings. The molecule has 38 heavy (non-hydrogen) atoms. The second kappa shape index (κ2) is 8.03. The average molecular weight is 515 g/mol. The van der Waals surface area contributed by atoms with Crippen molar-refractivity contribution in [3.63, 3.8) is 0 Å². The molecule has 0 saturated carbocycles. The van der Waals surface area contributed by atoms with Crippen LogP contribution in [0.5, 0.6) is 17.2 Å². The van der Waals surface area contributed by atoms with E-state index in [2.05, 4.69) is 10.6 Å². The van der Waals surface area contributed by atoms with Gasteiger partial charge in [0.05, 0.1) is 17.5 Å². The number of nitrogens with one attached hydrogen (secondary N) is 2. The van der Waals surface area contributed by atoms with E-state index in [1.807, 2.05) is 0 Å². The molecule has 9 nitrogen and oxygen atoms in total. The maximum absolute atomic E-state index is 14.4. The Hall–Kier alpha value is -4.44. The Morgan fingerprint density at radius 1 is 0.947 bits per heavy atom. The Bertz CT molecular complexity index is 1530. The number of anilines is 2. The largest absolute Gasteiger partial charge is 0.508 e. The fourth-order valence-electron chi connectivity index (χ4n) is 6.26. The number of carbonyl (C=O) groups excluding carboxylic acids is 3. The van der Waals surface area contributed by atoms with Gasteiger partial charge in [-0.2, -0.15) is 0 Å². The topological polar surface area (TPSA) is 117 Å². The maximum Gasteiger partial charge on any atom is 0.250 e. The van der Waals surface area contributed by atoms with E-state index in [0.29, 0.717) is 48.1 Å². The number of phenols is 1. The number of hydrogen-bond donors (Lipinski definition) is 3. The molecule has 2 fully saturated rings. The first-order chi connectivity index (χ1) is 18.4. The number of rotatable bonds is 3. The quantitative estimate of drug-likeness (QED) is 0.459. The van der Waals surface area contributed by atoms with Gasteiger partial charge in [0.2, 0.25) is 17.7 Å². The van der Waals surface area contributed by atoms with Crippen molar-refractivity contribution in [2.24, 2.45) is 11.8 Å². The molecule has 4 aliphatic heterocycles. The highest BCUT2D eigenvalue weighted by Crippen LogP contribution is 2.54. The van der Waals surface area contributed by atoms with Gasteiger partial charge in [0, 0.05) is 23.4 Å². The lowest BCUT2D eigenvalue weighted by atomic mass is 9.76. The molecule has 0 aliphatic carbocycles. The van der Waals surface area contributed by atoms with Gasteiger partial charge in [0.1, 0.15) is 30.3 Å². The van der Waals surface area contributed by atoms with Crippen molar-refractivity contribution in [1.29, 1.82) is 0 Å². The van der Waals surface area contributed by atoms with Gasteiger partial charge in [-0.1, -0.05) is 12.1 Å². The first-order valence-corrected chi connectivity index (χ1v) is 12.3. The molecule has 2 saturated heterocycles. The van der Waals surface area contributed by atoms with E-state index in [1.165, 1.54) is 30.3 Å². The number of ether oxygens (including phenoxy) is 2. The number of benzene rings is 3. The fourth-order valence-corrected chi connectivity index (χ4v) is 6.26. The third-order valence-electron chi connectivity index (χ3n) is 7.85. The highest BCUT2D eigenvalue weighted by molar-refractivity contribution is 6.26. The summed E-state index contributed by atoms with van der Waals surface area (Å²) in [6.45, 7) is 0.740. The zero-order chi connectivity index (χ0) is 26.2. The molecule has 1 spiro atoms. The summed E-state index contributed by atoms with van der Waals surface area (Å²) >= 11 is 0. The van der Waals surface area contributed by atoms with Crippen molar-refractivity contribution in [1.82, 2.24) is 5.32 Å². The Morgan fingerprint density at radius 2 is 1.71 bits per heavy atom. The summed E-state index contributed by atoms with van der Waals surface area (Å²) in [7, 11) is 0. The molecule has 0 aromatic heterocycles. The zero-order valence-electron chi connectivity index (χ0n) is 19.9. The van der Waals surface area contributed by atoms with E-state index in [0.717, 1.165) is 10.5 Å². The Labute approximate surface area is 216 Å². The van der Waals surface area contributed by atoms with Crippen LogP contribution in [0.2, 0.25) is 0 Å². The number of nitrogens with zero attached hydrogens (tertiary/aromatic N) is 1. The molecule has 3 aromatic rings. The van der Waals surface area contributed by atoms with E-state index in [1.54, 1.807) is 30.3 Å². The van der Waals surface area contributed by atoms with Crippen LogP contribution in [0.3, 0.4) is 0 Å². The summed E-state index contributed by atoms with van der Waals surface area (Å²) in [5.74, 6) is -3.04. The van der Waals surface area contributed by atoms with Crippen molar-refractivity contribution >= 4 is 29.1 Å². The summed E-state index contributed by atoms with van der Waals surface area (Å²) in [5.41, 5.74) is 0.183. The van der Waals surface area contributed by atoms with Gasteiger partial charge in [0.15, 0.2) is 11.5 Å². The SMILES string of the molecule is O=C1[C@@H]2[C@H](Cc3ccc(O)cc3)N[C@@]3(C(=O)Nc4ccc(F)cc43)[C@@H]2C(=O)N1c1ccc2c(c1)OCCO2. The predicted octanol–water partition coefficient (Wildman–Crippen LogP) is 2.47. The molecule has 0 bridgehead atoms. The van der Waals surface area contributed by atoms with Crippen LogP contribution in [0.25, 0.3) is 0 Å². The molecule has 3 N–H and O–H groups in total. The Kier molecular flexibility index (Phi) is 4.80. The molecule has 0 radical (unpaired) electrons. The van der Waals surface area contributed by atoms with E-state index in [-0.39, 0.29) is 5.75 Å². The maximum atomic E-state index is 14.4. The summed E-state index contributed by atoms with van der Waals surface area (Å²) in [6, 6.07) is 14.7. The van der Waals surface area contributed by atoms with Gasteiger partial charge in [-0.05, 0) is 54.4 Å². The van der Waals surface area contributed by atoms with Gasteiger partial charge in [-0.25, -0.2) is 9.29 Å². The zero-order valence-corrected chi connectivity index (χ0v) is 19.9. The minimum atomic E-state index is -1.63. The third-order valence-corrected chi connectivity index (χ3v) is 7.85. The molecule has 0 unspecified atom stereocenters. The lowest BCUT2D eigenvalue weighted by Gasteiger charge is -2.30. The number of hydrogen-bond acceptors (Lipinski definition) is 7. The minimum Gasteiger partial charge on any atom is -0.508 e. The van der Waals surface area contributed by atoms with Gasteiger partial charge >= 0.3 is 0 Å². The van der Waals surface area contributed by atoms with Crippen molar-refractivity contribution in [3.05, 3.63) is 77.6 Å². The molecule has 10 heteroatoms. The highest BCUT2D eigenvalue weighted by atomic mass is 19.1. The molecule has 192 valence electrons. The molecule has 4 heterocycles. The normalized spacial score (nSPS) is 27.0. The van der Waals surface area contributed by atoms with Gasteiger partial charge in [-0.15, -0.1) is 0 Å². The first kappa shape index (κ1) is 22.7. The fraction of sp³-hybridized carbons (Fsp3) is 0.250. The summed E-state index contributed by atoms with van der Waals surface area (Å²) in [4.78, 5) is 42.8. The Morgan fingerprint density at radius 3 is 2.50 bits per heavy atom. The van der Waals surface area contributed by atoms with Crippen molar-refractivity contribution < 1.29 is 33.4 Å². The van der Waals surface area contributed by atoms with E-state index < -0.39 is 47.0 Å². The summed E-state index contributed by atoms with van der Waals surface area (Å²) in [5, 5.41) is 15.8. The number of amides is 3. The number of phenolic OH excluding ortho intramolecular Hbond substituents is 1. The standard InChI is InChI=1S/C28H22FN3O6/c29-15-3-7-19-18(12-15)28(27(36)30-19)24-23(20(31-28)11-14-1-5-17(33)6-2-14)25(34)32(26(24)35)16-4-8-21-22(13-16)38-10-9-37-21/h1-8,12-13,20,23-24,31,33H,9-11H2,(H,30,36)/t20-,23+,24-,28+/m0/s1. The second-order valence-corrected chi connectivity index (χ2v) is 9.92. The van der Waals surface area contributed by atoms with Crippen LogP contribution >= 0.6 is 0 Å². The van der Waals surface area contributed by atoms with Crippen molar-refractivity contribution in [3.8, 4) is 17.2 Å². The smallest absolute Gasteiger partial charge is 0.250 e. The second-order valence-electron chi connectivity index (χ2n) is 9.92. The van der Waals surface area contributed by atoms with Crippen LogP contribution in [0.15, 0.2) is 60.7 Å². The summed E-state index contributed by atoms with van der Waals surface area (Å²) < 4.78 is 25.7. The third kappa shape index (κ3) is 3.10. The van der Waals surface area contributed by atoms with Crippen molar-refractivity contribution in [2.45, 2.75) is 18.0 Å². The molecular formula is C28H22FN3O6. The molecule has 7 rings (SSSR count). The monoisotopic (exact) mass is 515 g/mol. The summed E-state index contributed by atoms with van der Waals surface area (Å²) in [6.07, 6.45) is 0.301. The van der Waals surface area contributed by atoms with Crippen LogP contribution in [0.1, 0.15) is 11.1 Å². The van der Waals surface area contributed by atoms with Crippen LogP contribution in [-0.4, -0.2) is 42.1 Å². The molecule has 3 amide bonds. The molecule has 4 atom stereocenters. The van der Waals surface area contributed by atoms with E-state index in [9.17, 15) is 23.9 Å². The molecule has 3 aromatic carbocycles. The number of imide groups is 1. The van der Waals surface area contributed by atoms with Crippen LogP contribution < -0.4 is 25.0 Å². The van der Waals surface area contributed by atoms with E-state index in [4.69, 9.17) is 9.47 Å². The van der Waals surface area contributed by atoms with Crippen LogP contribution in [0, 0.1) is 17.7 Å². The highest BCUT2D eigenvalue weighted by Gasteiger charge is 2.70. The lowest BCUT2D eigenvalue weighted by Crippen LogP contribution is -2.53. The average Bonchev–Trinajstić information content (AvgIpc) is 3.49. The Balaban J connectivity index is 1.35. The minimum absolute atomic E-state index is 0.0963. The number of fused-ring (bicyclic) bond motifs is 5. The number of halogens is 1. The van der Waals surface area contributed by atoms with Crippen LogP contribution in [0.4, 0.5) is 15.8 Å². The number of carbonyl (C=O) groups is 3. The van der Waals surface area contributed by atoms with Gasteiger partial charge < -0.3 is 19.9 Å². The van der Waals surface area contributed by atoms with Gasteiger partial charge in [-0.3, -0.25) is 19.7 Å². The van der Waals surface area contributed by atoms with E-state index >= 15 is 0 Å². The number of aromatic hydroxyl groups is 1. The first-order valence-electron chi connectivity index (χ1n) is 12.3. The van der Waals surface area contributed by atoms with Gasteiger partial charge in [0.25, 0.3) is 0 Å².